The van der Waals surface area contributed by atoms with E-state index < -0.39 is 0 Å². The van der Waals surface area contributed by atoms with Crippen LogP contribution in [0.1, 0.15) is 32.6 Å². The fourth-order valence-electron chi connectivity index (χ4n) is 2.95. The van der Waals surface area contributed by atoms with Crippen LogP contribution in [0.25, 0.3) is 0 Å². The molecule has 17 heavy (non-hydrogen) atoms. The maximum atomic E-state index is 3.72. The van der Waals surface area contributed by atoms with Crippen molar-refractivity contribution in [3.8, 4) is 0 Å². The smallest absolute Gasteiger partial charge is 0.133 e. The Labute approximate surface area is 103 Å². The van der Waals surface area contributed by atoms with E-state index in [-0.39, 0.29) is 5.66 Å². The Morgan fingerprint density at radius 2 is 2.00 bits per heavy atom. The summed E-state index contributed by atoms with van der Waals surface area (Å²) in [6, 6.07) is 0. The van der Waals surface area contributed by atoms with E-state index in [4.69, 9.17) is 0 Å². The Kier molecular flexibility index (Phi) is 2.39. The third-order valence-corrected chi connectivity index (χ3v) is 4.13. The first-order valence-corrected chi connectivity index (χ1v) is 6.51. The van der Waals surface area contributed by atoms with E-state index >= 15 is 0 Å². The summed E-state index contributed by atoms with van der Waals surface area (Å²) in [4.78, 5) is 2.37. The van der Waals surface area contributed by atoms with Crippen LogP contribution in [0.2, 0.25) is 0 Å². The molecule has 1 N–H and O–H groups in total. The fraction of sp³-hybridized carbons (Fsp3) is 0.467. The predicted molar refractivity (Wildman–Crippen MR) is 71.2 cm³/mol. The van der Waals surface area contributed by atoms with E-state index in [2.05, 4.69) is 54.6 Å². The lowest BCUT2D eigenvalue weighted by atomic mass is 9.95. The van der Waals surface area contributed by atoms with Crippen LogP contribution in [0.3, 0.4) is 0 Å². The summed E-state index contributed by atoms with van der Waals surface area (Å²) in [6.45, 7) is 2.28. The monoisotopic (exact) mass is 228 g/mol. The molecule has 1 heterocycles. The summed E-state index contributed by atoms with van der Waals surface area (Å²) in [6.07, 6.45) is 16.1. The van der Waals surface area contributed by atoms with Crippen LogP contribution in [0.5, 0.6) is 0 Å². The zero-order valence-corrected chi connectivity index (χ0v) is 10.7. The molecule has 1 atom stereocenters. The van der Waals surface area contributed by atoms with Crippen LogP contribution in [-0.4, -0.2) is 17.6 Å². The van der Waals surface area contributed by atoms with Crippen molar-refractivity contribution in [3.63, 3.8) is 0 Å². The highest BCUT2D eigenvalue weighted by atomic mass is 15.4. The van der Waals surface area contributed by atoms with Crippen LogP contribution in [-0.2, 0) is 0 Å². The molecule has 3 aliphatic rings. The molecule has 3 rings (SSSR count). The maximum Gasteiger partial charge on any atom is 0.133 e. The summed E-state index contributed by atoms with van der Waals surface area (Å²) in [5, 5.41) is 3.72. The summed E-state index contributed by atoms with van der Waals surface area (Å²) in [5.74, 6) is 0. The molecule has 0 saturated heterocycles. The van der Waals surface area contributed by atoms with Crippen molar-refractivity contribution in [3.05, 3.63) is 47.3 Å². The molecular formula is C15H20N2. The van der Waals surface area contributed by atoms with Gasteiger partial charge >= 0.3 is 0 Å². The number of nitrogens with one attached hydrogen (secondary N) is 1. The van der Waals surface area contributed by atoms with Gasteiger partial charge in [-0.3, -0.25) is 0 Å². The largest absolute Gasteiger partial charge is 0.361 e. The van der Waals surface area contributed by atoms with Crippen LogP contribution in [0.4, 0.5) is 0 Å². The van der Waals surface area contributed by atoms with Crippen molar-refractivity contribution in [2.45, 2.75) is 38.3 Å². The lowest BCUT2D eigenvalue weighted by molar-refractivity contribution is 0.235. The standard InChI is InChI=1S/C15H20N2/c1-15(12-8-4-3-5-9-12)16-13-10-6-7-11-14(13)17(15)2/h4,7-9,11,16H,3,5-6,10H2,1-2H3. The molecular weight excluding hydrogens is 208 g/mol. The first kappa shape index (κ1) is 10.7. The van der Waals surface area contributed by atoms with Crippen molar-refractivity contribution in [1.29, 1.82) is 0 Å². The molecule has 0 aromatic rings. The molecule has 0 saturated carbocycles. The molecule has 0 aromatic carbocycles. The van der Waals surface area contributed by atoms with Crippen LogP contribution >= 0.6 is 0 Å². The van der Waals surface area contributed by atoms with Gasteiger partial charge in [-0.05, 0) is 44.3 Å². The molecule has 0 spiro atoms. The highest BCUT2D eigenvalue weighted by Crippen LogP contribution is 2.37. The Morgan fingerprint density at radius 1 is 1.18 bits per heavy atom. The lowest BCUT2D eigenvalue weighted by Gasteiger charge is -2.37. The summed E-state index contributed by atoms with van der Waals surface area (Å²) >= 11 is 0. The molecule has 0 fully saturated rings. The Balaban J connectivity index is 1.94. The number of hydrogen-bond acceptors (Lipinski definition) is 2. The van der Waals surface area contributed by atoms with Gasteiger partial charge in [0.05, 0.1) is 5.70 Å². The molecule has 90 valence electrons. The third kappa shape index (κ3) is 1.54. The zero-order chi connectivity index (χ0) is 11.9. The van der Waals surface area contributed by atoms with Gasteiger partial charge in [0, 0.05) is 12.7 Å². The molecule has 0 bridgehead atoms. The molecule has 2 nitrogen and oxygen atoms in total. The average Bonchev–Trinajstić information content (AvgIpc) is 2.65. The molecule has 0 amide bonds. The molecule has 2 heteroatoms. The SMILES string of the molecule is CN1C2=C(CCC=C2)NC1(C)C1=CCCC=C1. The van der Waals surface area contributed by atoms with Gasteiger partial charge in [-0.15, -0.1) is 0 Å². The Morgan fingerprint density at radius 3 is 2.71 bits per heavy atom. The van der Waals surface area contributed by atoms with Gasteiger partial charge in [-0.1, -0.05) is 24.3 Å². The number of rotatable bonds is 1. The second-order valence-electron chi connectivity index (χ2n) is 5.20. The number of likely N-dealkylation sites (N-methyl/N-ethyl adjacent to an activating group) is 1. The average molecular weight is 228 g/mol. The number of hydrogen-bond donors (Lipinski definition) is 1. The number of nitrogens with zero attached hydrogens (tertiary/aromatic N) is 1. The topological polar surface area (TPSA) is 15.3 Å². The lowest BCUT2D eigenvalue weighted by Crippen LogP contribution is -2.49. The quantitative estimate of drug-likeness (QED) is 0.742. The van der Waals surface area contributed by atoms with E-state index in [1.54, 1.807) is 0 Å². The summed E-state index contributed by atoms with van der Waals surface area (Å²) in [7, 11) is 2.19. The van der Waals surface area contributed by atoms with Crippen molar-refractivity contribution >= 4 is 0 Å². The molecule has 0 radical (unpaired) electrons. The molecule has 0 aromatic heterocycles. The third-order valence-electron chi connectivity index (χ3n) is 4.13. The van der Waals surface area contributed by atoms with Crippen LogP contribution in [0, 0.1) is 0 Å². The van der Waals surface area contributed by atoms with Gasteiger partial charge in [0.15, 0.2) is 0 Å². The Bertz CT molecular complexity index is 454. The minimum Gasteiger partial charge on any atom is -0.361 e. The zero-order valence-electron chi connectivity index (χ0n) is 10.7. The normalized spacial score (nSPS) is 31.4. The van der Waals surface area contributed by atoms with E-state index in [1.807, 2.05) is 0 Å². The second-order valence-corrected chi connectivity index (χ2v) is 5.20. The van der Waals surface area contributed by atoms with E-state index in [9.17, 15) is 0 Å². The molecule has 1 unspecified atom stereocenters. The predicted octanol–water partition coefficient (Wildman–Crippen LogP) is 3.08. The van der Waals surface area contributed by atoms with Crippen molar-refractivity contribution in [2.75, 3.05) is 7.05 Å². The van der Waals surface area contributed by atoms with E-state index in [1.165, 1.54) is 23.4 Å². The van der Waals surface area contributed by atoms with Gasteiger partial charge in [-0.25, -0.2) is 0 Å². The van der Waals surface area contributed by atoms with Gasteiger partial charge in [0.2, 0.25) is 0 Å². The molecule has 2 aliphatic carbocycles. The summed E-state index contributed by atoms with van der Waals surface area (Å²) < 4.78 is 0. The van der Waals surface area contributed by atoms with Gasteiger partial charge < -0.3 is 10.2 Å². The first-order valence-electron chi connectivity index (χ1n) is 6.51. The maximum absolute atomic E-state index is 3.72. The minimum absolute atomic E-state index is 0.0593. The van der Waals surface area contributed by atoms with Crippen LogP contribution in [0.15, 0.2) is 47.3 Å². The van der Waals surface area contributed by atoms with Crippen molar-refractivity contribution < 1.29 is 0 Å². The van der Waals surface area contributed by atoms with Crippen molar-refractivity contribution in [1.82, 2.24) is 10.2 Å². The fourth-order valence-corrected chi connectivity index (χ4v) is 2.95. The number of allylic oxidation sites excluding steroid dienone is 5. The minimum atomic E-state index is -0.0593. The van der Waals surface area contributed by atoms with Gasteiger partial charge in [0.25, 0.3) is 0 Å². The van der Waals surface area contributed by atoms with Gasteiger partial charge in [0.1, 0.15) is 5.66 Å². The van der Waals surface area contributed by atoms with E-state index in [0.29, 0.717) is 0 Å². The van der Waals surface area contributed by atoms with E-state index in [0.717, 1.165) is 19.3 Å². The van der Waals surface area contributed by atoms with Gasteiger partial charge in [-0.2, -0.15) is 0 Å². The first-order chi connectivity index (χ1) is 8.22. The van der Waals surface area contributed by atoms with Crippen LogP contribution < -0.4 is 5.32 Å². The van der Waals surface area contributed by atoms with Crippen molar-refractivity contribution in [2.24, 2.45) is 0 Å². The molecule has 1 aliphatic heterocycles. The second kappa shape index (κ2) is 3.80. The highest BCUT2D eigenvalue weighted by molar-refractivity contribution is 5.43. The summed E-state index contributed by atoms with van der Waals surface area (Å²) in [5.41, 5.74) is 4.10. The Hall–Kier alpha value is -1.44. The highest BCUT2D eigenvalue weighted by Gasteiger charge is 2.40.